The van der Waals surface area contributed by atoms with E-state index in [9.17, 15) is 37.5 Å². The van der Waals surface area contributed by atoms with Crippen LogP contribution in [0, 0.1) is 6.92 Å². The molecule has 11 heteroatoms. The SMILES string of the molecule is COc1ccc(CC(=O)Nc2ccc(C(=O)N(CC(=O)O)Cc3ccc(C(=O)Cc4ccc(-c5ccc(C)cc5)cc4)cc3)cc2)c(C(F)(F)F)c1. The lowest BCUT2D eigenvalue weighted by Gasteiger charge is -2.21. The topological polar surface area (TPSA) is 113 Å². The summed E-state index contributed by atoms with van der Waals surface area (Å²) in [5.41, 5.74) is 4.41. The molecule has 0 aliphatic heterocycles. The summed E-state index contributed by atoms with van der Waals surface area (Å²) in [6, 6.07) is 31.5. The highest BCUT2D eigenvalue weighted by atomic mass is 19.4. The molecule has 0 atom stereocenters. The van der Waals surface area contributed by atoms with Gasteiger partial charge in [0.25, 0.3) is 5.91 Å². The van der Waals surface area contributed by atoms with Crippen LogP contribution in [0.5, 0.6) is 5.75 Å². The second-order valence-corrected chi connectivity index (χ2v) is 12.2. The Hall–Kier alpha value is -6.23. The Morgan fingerprint density at radius 3 is 1.88 bits per heavy atom. The van der Waals surface area contributed by atoms with Crippen molar-refractivity contribution in [3.8, 4) is 16.9 Å². The summed E-state index contributed by atoms with van der Waals surface area (Å²) in [5, 5.41) is 12.0. The zero-order chi connectivity index (χ0) is 37.4. The van der Waals surface area contributed by atoms with Gasteiger partial charge >= 0.3 is 12.1 Å². The molecule has 0 heterocycles. The van der Waals surface area contributed by atoms with Gasteiger partial charge in [-0.05, 0) is 71.1 Å². The summed E-state index contributed by atoms with van der Waals surface area (Å²) in [6.07, 6.45) is -5.05. The summed E-state index contributed by atoms with van der Waals surface area (Å²) >= 11 is 0. The zero-order valence-electron chi connectivity index (χ0n) is 28.4. The zero-order valence-corrected chi connectivity index (χ0v) is 28.4. The minimum atomic E-state index is -4.69. The van der Waals surface area contributed by atoms with Crippen LogP contribution in [0.2, 0.25) is 0 Å². The summed E-state index contributed by atoms with van der Waals surface area (Å²) in [5.74, 6) is -2.62. The lowest BCUT2D eigenvalue weighted by molar-refractivity contribution is -0.139. The van der Waals surface area contributed by atoms with Gasteiger partial charge < -0.3 is 20.1 Å². The molecule has 2 N–H and O–H groups in total. The molecule has 0 aliphatic carbocycles. The molecule has 0 unspecified atom stereocenters. The minimum absolute atomic E-state index is 0.00720. The second-order valence-electron chi connectivity index (χ2n) is 12.2. The molecule has 8 nitrogen and oxygen atoms in total. The van der Waals surface area contributed by atoms with E-state index in [1.807, 2.05) is 43.3 Å². The number of hydrogen-bond donors (Lipinski definition) is 2. The number of ketones is 1. The Morgan fingerprint density at radius 1 is 0.731 bits per heavy atom. The number of aryl methyl sites for hydroxylation is 1. The van der Waals surface area contributed by atoms with Crippen LogP contribution in [0.4, 0.5) is 18.9 Å². The predicted molar refractivity (Wildman–Crippen MR) is 190 cm³/mol. The molecule has 0 aliphatic rings. The van der Waals surface area contributed by atoms with E-state index in [2.05, 4.69) is 17.4 Å². The van der Waals surface area contributed by atoms with Crippen molar-refractivity contribution in [2.75, 3.05) is 19.0 Å². The number of Topliss-reactive ketones (excluding diaryl/α,β-unsaturated/α-hetero) is 1. The van der Waals surface area contributed by atoms with Crippen LogP contribution in [0.3, 0.4) is 0 Å². The number of anilines is 1. The van der Waals surface area contributed by atoms with Crippen molar-refractivity contribution < 1.29 is 42.2 Å². The number of nitrogens with zero attached hydrogens (tertiary/aromatic N) is 1. The normalized spacial score (nSPS) is 11.1. The van der Waals surface area contributed by atoms with Crippen molar-refractivity contribution in [2.45, 2.75) is 32.5 Å². The van der Waals surface area contributed by atoms with Crippen LogP contribution in [-0.2, 0) is 35.2 Å². The number of carboxylic acid groups (broad SMARTS) is 1. The maximum atomic E-state index is 13.6. The number of ether oxygens (including phenoxy) is 1. The molecule has 0 bridgehead atoms. The number of nitrogens with one attached hydrogen (secondary N) is 1. The van der Waals surface area contributed by atoms with E-state index in [0.29, 0.717) is 11.1 Å². The Kier molecular flexibility index (Phi) is 11.5. The largest absolute Gasteiger partial charge is 0.497 e. The number of carbonyl (C=O) groups is 4. The number of amides is 2. The molecule has 0 aromatic heterocycles. The van der Waals surface area contributed by atoms with E-state index in [-0.39, 0.29) is 41.3 Å². The standard InChI is InChI=1S/C41H35F3N2O6/c1-26-3-9-29(10-4-26)30-11-5-27(6-12-30)21-37(47)31-13-7-28(8-14-31)24-46(25-39(49)50)40(51)32-15-18-34(19-16-32)45-38(48)22-33-17-20-35(52-2)23-36(33)41(42,43)44/h3-20,23H,21-22,24-25H2,1-2H3,(H,45,48)(H,49,50). The molecule has 52 heavy (non-hydrogen) atoms. The molecule has 0 saturated heterocycles. The summed E-state index contributed by atoms with van der Waals surface area (Å²) in [7, 11) is 1.24. The Morgan fingerprint density at radius 2 is 1.31 bits per heavy atom. The molecule has 5 rings (SSSR count). The first kappa shape index (κ1) is 37.0. The molecular weight excluding hydrogens is 673 g/mol. The fraction of sp³-hybridized carbons (Fsp3) is 0.171. The average Bonchev–Trinajstić information content (AvgIpc) is 3.12. The average molecular weight is 709 g/mol. The number of benzene rings is 5. The van der Waals surface area contributed by atoms with Crippen LogP contribution in [0.25, 0.3) is 11.1 Å². The fourth-order valence-corrected chi connectivity index (χ4v) is 5.59. The van der Waals surface area contributed by atoms with Gasteiger partial charge in [0.2, 0.25) is 5.91 Å². The van der Waals surface area contributed by atoms with Gasteiger partial charge in [-0.15, -0.1) is 0 Å². The van der Waals surface area contributed by atoms with E-state index in [4.69, 9.17) is 4.74 Å². The van der Waals surface area contributed by atoms with E-state index in [1.165, 1.54) is 49.1 Å². The molecule has 5 aromatic carbocycles. The van der Waals surface area contributed by atoms with Crippen molar-refractivity contribution in [3.63, 3.8) is 0 Å². The van der Waals surface area contributed by atoms with Gasteiger partial charge in [0, 0.05) is 29.8 Å². The second kappa shape index (κ2) is 16.2. The highest BCUT2D eigenvalue weighted by molar-refractivity contribution is 5.98. The van der Waals surface area contributed by atoms with Crippen LogP contribution in [0.15, 0.2) is 115 Å². The Balaban J connectivity index is 1.19. The number of hydrogen-bond acceptors (Lipinski definition) is 5. The Bertz CT molecular complexity index is 2060. The summed E-state index contributed by atoms with van der Waals surface area (Å²) in [6.45, 7) is 1.38. The molecule has 0 saturated carbocycles. The molecule has 266 valence electrons. The van der Waals surface area contributed by atoms with Gasteiger partial charge in [-0.25, -0.2) is 0 Å². The van der Waals surface area contributed by atoms with Gasteiger partial charge in [-0.3, -0.25) is 19.2 Å². The van der Waals surface area contributed by atoms with Crippen molar-refractivity contribution in [1.82, 2.24) is 4.90 Å². The highest BCUT2D eigenvalue weighted by Crippen LogP contribution is 2.35. The van der Waals surface area contributed by atoms with E-state index < -0.39 is 42.5 Å². The maximum Gasteiger partial charge on any atom is 0.416 e. The van der Waals surface area contributed by atoms with Gasteiger partial charge in [0.15, 0.2) is 5.78 Å². The summed E-state index contributed by atoms with van der Waals surface area (Å²) in [4.78, 5) is 51.8. The Labute approximate surface area is 298 Å². The van der Waals surface area contributed by atoms with Crippen LogP contribution >= 0.6 is 0 Å². The third-order valence-electron chi connectivity index (χ3n) is 8.36. The van der Waals surface area contributed by atoms with Gasteiger partial charge in [-0.1, -0.05) is 84.4 Å². The third-order valence-corrected chi connectivity index (χ3v) is 8.36. The van der Waals surface area contributed by atoms with Crippen molar-refractivity contribution in [3.05, 3.63) is 154 Å². The smallest absolute Gasteiger partial charge is 0.416 e. The molecule has 0 fully saturated rings. The third kappa shape index (κ3) is 9.72. The molecular formula is C41H35F3N2O6. The fourth-order valence-electron chi connectivity index (χ4n) is 5.59. The summed E-state index contributed by atoms with van der Waals surface area (Å²) < 4.78 is 45.5. The number of methoxy groups -OCH3 is 1. The van der Waals surface area contributed by atoms with Crippen molar-refractivity contribution in [1.29, 1.82) is 0 Å². The number of aliphatic carboxylic acids is 1. The first-order valence-electron chi connectivity index (χ1n) is 16.2. The van der Waals surface area contributed by atoms with E-state index in [0.717, 1.165) is 27.7 Å². The number of carboxylic acids is 1. The quantitative estimate of drug-likeness (QED) is 0.120. The number of alkyl halides is 3. The maximum absolute atomic E-state index is 13.6. The van der Waals surface area contributed by atoms with Crippen LogP contribution in [-0.4, -0.2) is 47.2 Å². The molecule has 0 spiro atoms. The first-order valence-corrected chi connectivity index (χ1v) is 16.2. The molecule has 2 amide bonds. The molecule has 5 aromatic rings. The van der Waals surface area contributed by atoms with Crippen LogP contribution in [0.1, 0.15) is 48.5 Å². The van der Waals surface area contributed by atoms with Crippen molar-refractivity contribution in [2.24, 2.45) is 0 Å². The minimum Gasteiger partial charge on any atom is -0.497 e. The van der Waals surface area contributed by atoms with Crippen LogP contribution < -0.4 is 10.1 Å². The lowest BCUT2D eigenvalue weighted by atomic mass is 9.98. The molecule has 0 radical (unpaired) electrons. The van der Waals surface area contributed by atoms with Gasteiger partial charge in [-0.2, -0.15) is 13.2 Å². The monoisotopic (exact) mass is 708 g/mol. The first-order chi connectivity index (χ1) is 24.8. The van der Waals surface area contributed by atoms with Crippen molar-refractivity contribution >= 4 is 29.3 Å². The van der Waals surface area contributed by atoms with E-state index >= 15 is 0 Å². The van der Waals surface area contributed by atoms with Gasteiger partial charge in [0.05, 0.1) is 19.1 Å². The number of rotatable bonds is 13. The number of carbonyl (C=O) groups excluding carboxylic acids is 3. The number of halogens is 3. The highest BCUT2D eigenvalue weighted by Gasteiger charge is 2.34. The van der Waals surface area contributed by atoms with Gasteiger partial charge in [0.1, 0.15) is 12.3 Å². The predicted octanol–water partition coefficient (Wildman–Crippen LogP) is 8.02. The van der Waals surface area contributed by atoms with E-state index in [1.54, 1.807) is 24.3 Å². The lowest BCUT2D eigenvalue weighted by Crippen LogP contribution is -2.35.